The van der Waals surface area contributed by atoms with Gasteiger partial charge < -0.3 is 4.74 Å². The van der Waals surface area contributed by atoms with Crippen molar-refractivity contribution >= 4 is 5.97 Å². The lowest BCUT2D eigenvalue weighted by Crippen LogP contribution is -2.17. The first-order chi connectivity index (χ1) is 6.29. The summed E-state index contributed by atoms with van der Waals surface area (Å²) < 4.78 is 4.75. The van der Waals surface area contributed by atoms with Crippen LogP contribution in [-0.4, -0.2) is 13.1 Å². The lowest BCUT2D eigenvalue weighted by molar-refractivity contribution is -0.136. The van der Waals surface area contributed by atoms with Gasteiger partial charge in [-0.25, -0.2) is 4.79 Å². The monoisotopic (exact) mass is 182 g/mol. The largest absolute Gasteiger partial charge is 0.466 e. The normalized spacial score (nSPS) is 20.0. The third-order valence-electron chi connectivity index (χ3n) is 2.78. The number of methoxy groups -OCH3 is 1. The number of hydrogen-bond acceptors (Lipinski definition) is 2. The minimum absolute atomic E-state index is 0.144. The molecule has 0 atom stereocenters. The van der Waals surface area contributed by atoms with E-state index < -0.39 is 0 Å². The second kappa shape index (κ2) is 5.05. The van der Waals surface area contributed by atoms with Crippen molar-refractivity contribution in [2.24, 2.45) is 5.92 Å². The number of ether oxygens (including phenoxy) is 1. The summed E-state index contributed by atoms with van der Waals surface area (Å²) in [5.74, 6) is 0.306. The fourth-order valence-corrected chi connectivity index (χ4v) is 2.05. The molecule has 2 heteroatoms. The van der Waals surface area contributed by atoms with Gasteiger partial charge in [0.1, 0.15) is 0 Å². The van der Waals surface area contributed by atoms with Gasteiger partial charge >= 0.3 is 5.97 Å². The molecule has 0 N–H and O–H groups in total. The van der Waals surface area contributed by atoms with Crippen LogP contribution in [0.2, 0.25) is 0 Å². The van der Waals surface area contributed by atoms with Gasteiger partial charge in [0.2, 0.25) is 0 Å². The standard InChI is InChI=1S/C11H18O2/c1-3-10(11(12)13-2)9-7-5-4-6-8-9/h3,9H,4-8H2,1-2H3. The molecule has 0 saturated heterocycles. The smallest absolute Gasteiger partial charge is 0.333 e. The van der Waals surface area contributed by atoms with E-state index in [-0.39, 0.29) is 5.97 Å². The second-order valence-corrected chi connectivity index (χ2v) is 3.57. The Morgan fingerprint density at radius 1 is 1.31 bits per heavy atom. The first-order valence-corrected chi connectivity index (χ1v) is 5.04. The first-order valence-electron chi connectivity index (χ1n) is 5.04. The second-order valence-electron chi connectivity index (χ2n) is 3.57. The summed E-state index contributed by atoms with van der Waals surface area (Å²) in [6.07, 6.45) is 8.01. The number of hydrogen-bond donors (Lipinski definition) is 0. The summed E-state index contributed by atoms with van der Waals surface area (Å²) in [7, 11) is 1.45. The Balaban J connectivity index is 2.60. The molecule has 1 fully saturated rings. The van der Waals surface area contributed by atoms with Crippen molar-refractivity contribution in [1.29, 1.82) is 0 Å². The zero-order chi connectivity index (χ0) is 9.68. The molecule has 0 amide bonds. The molecule has 0 aromatic rings. The van der Waals surface area contributed by atoms with Crippen LogP contribution >= 0.6 is 0 Å². The lowest BCUT2D eigenvalue weighted by atomic mass is 9.83. The molecule has 0 aromatic heterocycles. The SMILES string of the molecule is CC=C(C(=O)OC)C1CCCCC1. The molecular weight excluding hydrogens is 164 g/mol. The van der Waals surface area contributed by atoms with Gasteiger partial charge in [-0.2, -0.15) is 0 Å². The van der Waals surface area contributed by atoms with Crippen LogP contribution in [0.4, 0.5) is 0 Å². The van der Waals surface area contributed by atoms with Crippen molar-refractivity contribution < 1.29 is 9.53 Å². The van der Waals surface area contributed by atoms with E-state index in [1.807, 2.05) is 13.0 Å². The average Bonchev–Trinajstić information content (AvgIpc) is 2.20. The molecule has 0 heterocycles. The Bertz CT molecular complexity index is 200. The molecule has 2 nitrogen and oxygen atoms in total. The minimum Gasteiger partial charge on any atom is -0.466 e. The van der Waals surface area contributed by atoms with Crippen molar-refractivity contribution in [3.63, 3.8) is 0 Å². The summed E-state index contributed by atoms with van der Waals surface area (Å²) >= 11 is 0. The molecule has 1 saturated carbocycles. The maximum absolute atomic E-state index is 11.4. The predicted molar refractivity (Wildman–Crippen MR) is 52.3 cm³/mol. The van der Waals surface area contributed by atoms with Crippen LogP contribution in [0.1, 0.15) is 39.0 Å². The third kappa shape index (κ3) is 2.58. The third-order valence-corrected chi connectivity index (χ3v) is 2.78. The van der Waals surface area contributed by atoms with E-state index in [9.17, 15) is 4.79 Å². The van der Waals surface area contributed by atoms with Crippen LogP contribution in [0.3, 0.4) is 0 Å². The zero-order valence-corrected chi connectivity index (χ0v) is 8.51. The summed E-state index contributed by atoms with van der Waals surface area (Å²) in [5.41, 5.74) is 0.877. The average molecular weight is 182 g/mol. The molecule has 1 aliphatic carbocycles. The zero-order valence-electron chi connectivity index (χ0n) is 8.51. The maximum atomic E-state index is 11.4. The van der Waals surface area contributed by atoms with Crippen molar-refractivity contribution in [3.05, 3.63) is 11.6 Å². The van der Waals surface area contributed by atoms with E-state index in [2.05, 4.69) is 0 Å². The van der Waals surface area contributed by atoms with Crippen LogP contribution < -0.4 is 0 Å². The fourth-order valence-electron chi connectivity index (χ4n) is 2.05. The van der Waals surface area contributed by atoms with E-state index in [1.54, 1.807) is 0 Å². The summed E-state index contributed by atoms with van der Waals surface area (Å²) in [6, 6.07) is 0. The lowest BCUT2D eigenvalue weighted by Gasteiger charge is -2.22. The number of carbonyl (C=O) groups excluding carboxylic acids is 1. The van der Waals surface area contributed by atoms with Crippen molar-refractivity contribution in [2.45, 2.75) is 39.0 Å². The summed E-state index contributed by atoms with van der Waals surface area (Å²) in [5, 5.41) is 0. The van der Waals surface area contributed by atoms with Crippen LogP contribution in [0, 0.1) is 5.92 Å². The van der Waals surface area contributed by atoms with Gasteiger partial charge in [-0.1, -0.05) is 25.3 Å². The topological polar surface area (TPSA) is 26.3 Å². The molecule has 0 spiro atoms. The van der Waals surface area contributed by atoms with Crippen LogP contribution in [-0.2, 0) is 9.53 Å². The molecule has 13 heavy (non-hydrogen) atoms. The first kappa shape index (κ1) is 10.3. The van der Waals surface area contributed by atoms with E-state index in [0.717, 1.165) is 18.4 Å². The van der Waals surface area contributed by atoms with Gasteiger partial charge in [0, 0.05) is 5.57 Å². The highest BCUT2D eigenvalue weighted by atomic mass is 16.5. The van der Waals surface area contributed by atoms with Crippen molar-refractivity contribution in [2.75, 3.05) is 7.11 Å². The molecular formula is C11H18O2. The molecule has 0 radical (unpaired) electrons. The van der Waals surface area contributed by atoms with Crippen molar-refractivity contribution in [3.8, 4) is 0 Å². The quantitative estimate of drug-likeness (QED) is 0.485. The minimum atomic E-state index is -0.144. The highest BCUT2D eigenvalue weighted by Gasteiger charge is 2.22. The van der Waals surface area contributed by atoms with Gasteiger partial charge in [-0.05, 0) is 25.7 Å². The molecule has 1 rings (SSSR count). The van der Waals surface area contributed by atoms with Crippen LogP contribution in [0.25, 0.3) is 0 Å². The van der Waals surface area contributed by atoms with Crippen LogP contribution in [0.5, 0.6) is 0 Å². The Morgan fingerprint density at radius 3 is 2.38 bits per heavy atom. The Kier molecular flexibility index (Phi) is 4.00. The summed E-state index contributed by atoms with van der Waals surface area (Å²) in [4.78, 5) is 11.4. The molecule has 0 aliphatic heterocycles. The van der Waals surface area contributed by atoms with Gasteiger partial charge in [0.25, 0.3) is 0 Å². The summed E-state index contributed by atoms with van der Waals surface area (Å²) in [6.45, 7) is 1.92. The molecule has 1 aliphatic rings. The Morgan fingerprint density at radius 2 is 1.92 bits per heavy atom. The Labute approximate surface area is 80.0 Å². The molecule has 74 valence electrons. The molecule has 0 aromatic carbocycles. The van der Waals surface area contributed by atoms with Crippen LogP contribution in [0.15, 0.2) is 11.6 Å². The van der Waals surface area contributed by atoms with Gasteiger partial charge in [0.05, 0.1) is 7.11 Å². The number of rotatable bonds is 2. The van der Waals surface area contributed by atoms with Gasteiger partial charge in [-0.15, -0.1) is 0 Å². The number of esters is 1. The number of allylic oxidation sites excluding steroid dienone is 1. The van der Waals surface area contributed by atoms with E-state index >= 15 is 0 Å². The van der Waals surface area contributed by atoms with Gasteiger partial charge in [0.15, 0.2) is 0 Å². The van der Waals surface area contributed by atoms with Crippen molar-refractivity contribution in [1.82, 2.24) is 0 Å². The highest BCUT2D eigenvalue weighted by molar-refractivity contribution is 5.88. The van der Waals surface area contributed by atoms with Gasteiger partial charge in [-0.3, -0.25) is 0 Å². The highest BCUT2D eigenvalue weighted by Crippen LogP contribution is 2.30. The predicted octanol–water partition coefficient (Wildman–Crippen LogP) is 2.69. The Hall–Kier alpha value is -0.790. The molecule has 0 unspecified atom stereocenters. The van der Waals surface area contributed by atoms with E-state index in [4.69, 9.17) is 4.74 Å². The van der Waals surface area contributed by atoms with E-state index in [0.29, 0.717) is 5.92 Å². The molecule has 0 bridgehead atoms. The van der Waals surface area contributed by atoms with E-state index in [1.165, 1.54) is 26.4 Å². The maximum Gasteiger partial charge on any atom is 0.333 e. The fraction of sp³-hybridized carbons (Fsp3) is 0.727. The number of carbonyl (C=O) groups is 1.